The van der Waals surface area contributed by atoms with Crippen LogP contribution in [0.3, 0.4) is 0 Å². The van der Waals surface area contributed by atoms with E-state index < -0.39 is 17.1 Å². The first kappa shape index (κ1) is 11.4. The minimum atomic E-state index is -1.09. The molecule has 7 heteroatoms. The van der Waals surface area contributed by atoms with Crippen LogP contribution in [-0.4, -0.2) is 32.7 Å². The van der Waals surface area contributed by atoms with Gasteiger partial charge in [0.05, 0.1) is 17.2 Å². The van der Waals surface area contributed by atoms with E-state index in [1.165, 1.54) is 28.6 Å². The van der Waals surface area contributed by atoms with Crippen LogP contribution in [0.2, 0.25) is 0 Å². The third kappa shape index (κ3) is 2.05. The van der Waals surface area contributed by atoms with Gasteiger partial charge >= 0.3 is 5.69 Å². The molecule has 1 aliphatic rings. The Morgan fingerprint density at radius 2 is 2.50 bits per heavy atom. The molecule has 1 saturated heterocycles. The molecule has 3 atom stereocenters. The van der Waals surface area contributed by atoms with Crippen molar-refractivity contribution < 1.29 is 9.50 Å². The standard InChI is InChI=1S/C9H12FN3O2S/c10-5-3-8(16-6(5)4-14)13-2-1-7(11)12-9(13)15/h1-2,5-6,8,14H,3-4H2,(H2,11,12,15)/t5-,6-,8-/m1/s1. The molecular weight excluding hydrogens is 233 g/mol. The van der Waals surface area contributed by atoms with Gasteiger partial charge in [-0.05, 0) is 6.07 Å². The van der Waals surface area contributed by atoms with Crippen molar-refractivity contribution in [3.8, 4) is 0 Å². The van der Waals surface area contributed by atoms with Gasteiger partial charge in [0.2, 0.25) is 0 Å². The van der Waals surface area contributed by atoms with E-state index in [-0.39, 0.29) is 24.2 Å². The average molecular weight is 245 g/mol. The molecule has 1 fully saturated rings. The van der Waals surface area contributed by atoms with Crippen molar-refractivity contribution in [3.05, 3.63) is 22.7 Å². The molecule has 16 heavy (non-hydrogen) atoms. The Balaban J connectivity index is 2.23. The number of alkyl halides is 1. The molecule has 2 heterocycles. The van der Waals surface area contributed by atoms with E-state index in [0.29, 0.717) is 0 Å². The van der Waals surface area contributed by atoms with Gasteiger partial charge in [0.15, 0.2) is 0 Å². The molecule has 0 unspecified atom stereocenters. The number of aliphatic hydroxyl groups is 1. The fraction of sp³-hybridized carbons (Fsp3) is 0.556. The number of hydrogen-bond acceptors (Lipinski definition) is 5. The highest BCUT2D eigenvalue weighted by Crippen LogP contribution is 2.42. The summed E-state index contributed by atoms with van der Waals surface area (Å²) in [4.78, 5) is 15.1. The van der Waals surface area contributed by atoms with Crippen molar-refractivity contribution in [2.45, 2.75) is 23.2 Å². The van der Waals surface area contributed by atoms with Gasteiger partial charge in [-0.3, -0.25) is 4.57 Å². The van der Waals surface area contributed by atoms with Crippen LogP contribution in [0, 0.1) is 0 Å². The van der Waals surface area contributed by atoms with Gasteiger partial charge in [-0.1, -0.05) is 0 Å². The molecule has 0 radical (unpaired) electrons. The molecule has 0 amide bonds. The number of halogens is 1. The first-order chi connectivity index (χ1) is 7.61. The van der Waals surface area contributed by atoms with E-state index in [9.17, 15) is 9.18 Å². The number of nitrogen functional groups attached to an aromatic ring is 1. The van der Waals surface area contributed by atoms with Crippen molar-refractivity contribution in [1.82, 2.24) is 9.55 Å². The summed E-state index contributed by atoms with van der Waals surface area (Å²) in [7, 11) is 0. The number of hydrogen-bond donors (Lipinski definition) is 2. The van der Waals surface area contributed by atoms with Gasteiger partial charge in [0.25, 0.3) is 0 Å². The van der Waals surface area contributed by atoms with Gasteiger partial charge in [0, 0.05) is 12.6 Å². The van der Waals surface area contributed by atoms with E-state index in [2.05, 4.69) is 4.98 Å². The molecular formula is C9H12FN3O2S. The van der Waals surface area contributed by atoms with E-state index in [4.69, 9.17) is 10.8 Å². The molecule has 88 valence electrons. The average Bonchev–Trinajstić information content (AvgIpc) is 2.59. The van der Waals surface area contributed by atoms with Gasteiger partial charge in [0.1, 0.15) is 12.0 Å². The predicted octanol–water partition coefficient (Wildman–Crippen LogP) is 0.160. The number of nitrogens with two attached hydrogens (primary N) is 1. The largest absolute Gasteiger partial charge is 0.395 e. The summed E-state index contributed by atoms with van der Waals surface area (Å²) in [5.41, 5.74) is 4.88. The van der Waals surface area contributed by atoms with Crippen molar-refractivity contribution in [2.24, 2.45) is 0 Å². The number of rotatable bonds is 2. The monoisotopic (exact) mass is 245 g/mol. The molecule has 3 N–H and O–H groups in total. The summed E-state index contributed by atoms with van der Waals surface area (Å²) in [5.74, 6) is 0.153. The van der Waals surface area contributed by atoms with Crippen molar-refractivity contribution in [1.29, 1.82) is 0 Å². The Labute approximate surface area is 95.5 Å². The van der Waals surface area contributed by atoms with Crippen LogP contribution in [0.15, 0.2) is 17.1 Å². The summed E-state index contributed by atoms with van der Waals surface area (Å²) in [6, 6.07) is 1.50. The van der Waals surface area contributed by atoms with Gasteiger partial charge < -0.3 is 10.8 Å². The Bertz CT molecular complexity index is 439. The van der Waals surface area contributed by atoms with Gasteiger partial charge in [-0.25, -0.2) is 9.18 Å². The van der Waals surface area contributed by atoms with E-state index in [0.717, 1.165) is 0 Å². The summed E-state index contributed by atoms with van der Waals surface area (Å²) in [6.45, 7) is -0.223. The summed E-state index contributed by atoms with van der Waals surface area (Å²) in [5, 5.41) is 8.15. The van der Waals surface area contributed by atoms with E-state index >= 15 is 0 Å². The normalized spacial score (nSPS) is 29.5. The third-order valence-electron chi connectivity index (χ3n) is 2.50. The molecule has 1 aliphatic heterocycles. The van der Waals surface area contributed by atoms with Crippen molar-refractivity contribution in [2.75, 3.05) is 12.3 Å². The van der Waals surface area contributed by atoms with Crippen molar-refractivity contribution in [3.63, 3.8) is 0 Å². The molecule has 0 spiro atoms. The Hall–Kier alpha value is -1.08. The number of anilines is 1. The molecule has 2 rings (SSSR count). The lowest BCUT2D eigenvalue weighted by Crippen LogP contribution is -2.25. The Morgan fingerprint density at radius 1 is 1.75 bits per heavy atom. The number of aromatic nitrogens is 2. The first-order valence-electron chi connectivity index (χ1n) is 4.87. The minimum Gasteiger partial charge on any atom is -0.395 e. The van der Waals surface area contributed by atoms with Crippen LogP contribution >= 0.6 is 11.8 Å². The van der Waals surface area contributed by atoms with Gasteiger partial charge in [-0.15, -0.1) is 11.8 Å². The Kier molecular flexibility index (Phi) is 3.15. The third-order valence-corrected chi connectivity index (χ3v) is 4.03. The molecule has 0 saturated carbocycles. The zero-order chi connectivity index (χ0) is 11.7. The summed E-state index contributed by atoms with van der Waals surface area (Å²) in [6.07, 6.45) is 0.625. The van der Waals surface area contributed by atoms with Crippen LogP contribution in [0.25, 0.3) is 0 Å². The smallest absolute Gasteiger partial charge is 0.350 e. The minimum absolute atomic E-state index is 0.153. The lowest BCUT2D eigenvalue weighted by Gasteiger charge is -2.12. The fourth-order valence-corrected chi connectivity index (χ4v) is 3.03. The van der Waals surface area contributed by atoms with E-state index in [1.54, 1.807) is 0 Å². The highest BCUT2D eigenvalue weighted by Gasteiger charge is 2.36. The second kappa shape index (κ2) is 4.42. The van der Waals surface area contributed by atoms with Crippen LogP contribution in [0.4, 0.5) is 10.2 Å². The highest BCUT2D eigenvalue weighted by atomic mass is 32.2. The zero-order valence-electron chi connectivity index (χ0n) is 8.41. The fourth-order valence-electron chi connectivity index (χ4n) is 1.67. The number of thioether (sulfide) groups is 1. The van der Waals surface area contributed by atoms with Gasteiger partial charge in [-0.2, -0.15) is 4.98 Å². The lowest BCUT2D eigenvalue weighted by atomic mass is 10.2. The lowest BCUT2D eigenvalue weighted by molar-refractivity contribution is 0.227. The molecule has 1 aromatic heterocycles. The highest BCUT2D eigenvalue weighted by molar-refractivity contribution is 8.00. The molecule has 5 nitrogen and oxygen atoms in total. The summed E-state index contributed by atoms with van der Waals surface area (Å²) < 4.78 is 14.7. The number of aliphatic hydroxyl groups excluding tert-OH is 1. The van der Waals surface area contributed by atoms with Crippen LogP contribution in [-0.2, 0) is 0 Å². The zero-order valence-corrected chi connectivity index (χ0v) is 9.23. The quantitative estimate of drug-likeness (QED) is 0.775. The summed E-state index contributed by atoms with van der Waals surface area (Å²) >= 11 is 1.25. The second-order valence-corrected chi connectivity index (χ2v) is 5.03. The molecule has 0 bridgehead atoms. The predicted molar refractivity (Wildman–Crippen MR) is 59.9 cm³/mol. The van der Waals surface area contributed by atoms with Crippen LogP contribution in [0.1, 0.15) is 11.8 Å². The SMILES string of the molecule is Nc1ccn([C@H]2C[C@@H](F)[C@@H](CO)S2)c(=O)n1. The maximum atomic E-state index is 13.4. The Morgan fingerprint density at radius 3 is 3.06 bits per heavy atom. The van der Waals surface area contributed by atoms with Crippen LogP contribution in [0.5, 0.6) is 0 Å². The molecule has 0 aromatic carbocycles. The topological polar surface area (TPSA) is 81.1 Å². The van der Waals surface area contributed by atoms with Crippen molar-refractivity contribution >= 4 is 17.6 Å². The van der Waals surface area contributed by atoms with Crippen LogP contribution < -0.4 is 11.4 Å². The maximum Gasteiger partial charge on any atom is 0.350 e. The molecule has 1 aromatic rings. The second-order valence-electron chi connectivity index (χ2n) is 3.61. The maximum absolute atomic E-state index is 13.4. The first-order valence-corrected chi connectivity index (χ1v) is 5.81. The van der Waals surface area contributed by atoms with E-state index in [1.807, 2.05) is 0 Å². The number of nitrogens with zero attached hydrogens (tertiary/aromatic N) is 2. The molecule has 0 aliphatic carbocycles.